The van der Waals surface area contributed by atoms with Crippen molar-refractivity contribution >= 4 is 5.91 Å². The minimum absolute atomic E-state index is 0.0119. The van der Waals surface area contributed by atoms with Gasteiger partial charge in [0.1, 0.15) is 5.75 Å². The van der Waals surface area contributed by atoms with Gasteiger partial charge in [-0.1, -0.05) is 6.07 Å². The molecule has 3 heteroatoms. The third-order valence-corrected chi connectivity index (χ3v) is 3.03. The van der Waals surface area contributed by atoms with Gasteiger partial charge in [0, 0.05) is 19.2 Å². The Morgan fingerprint density at radius 3 is 2.75 bits per heavy atom. The first-order valence-electron chi connectivity index (χ1n) is 5.63. The molecule has 1 amide bonds. The van der Waals surface area contributed by atoms with Crippen molar-refractivity contribution in [3.63, 3.8) is 0 Å². The molecule has 0 bridgehead atoms. The van der Waals surface area contributed by atoms with Crippen molar-refractivity contribution < 1.29 is 9.90 Å². The number of hydrogen-bond donors (Lipinski definition) is 1. The number of phenolic OH excluding ortho intramolecular Hbond substituents is 1. The van der Waals surface area contributed by atoms with Crippen molar-refractivity contribution in [3.05, 3.63) is 29.3 Å². The maximum absolute atomic E-state index is 12.0. The number of amides is 1. The number of benzene rings is 1. The summed E-state index contributed by atoms with van der Waals surface area (Å²) in [5.74, 6) is 0.862. The number of carbonyl (C=O) groups is 1. The molecule has 1 fully saturated rings. The topological polar surface area (TPSA) is 40.5 Å². The van der Waals surface area contributed by atoms with Gasteiger partial charge in [0.25, 0.3) is 5.91 Å². The first-order chi connectivity index (χ1) is 7.58. The maximum Gasteiger partial charge on any atom is 0.253 e. The van der Waals surface area contributed by atoms with E-state index in [4.69, 9.17) is 0 Å². The molecule has 16 heavy (non-hydrogen) atoms. The number of phenols is 1. The Kier molecular flexibility index (Phi) is 2.86. The standard InChI is InChI=1S/C13H17NO2/c1-9-3-6-11(7-12(9)15)13(16)14(2)8-10-4-5-10/h3,6-7,10,15H,4-5,8H2,1-2H3. The lowest BCUT2D eigenvalue weighted by Crippen LogP contribution is -2.28. The van der Waals surface area contributed by atoms with Crippen LogP contribution in [0.1, 0.15) is 28.8 Å². The average molecular weight is 219 g/mol. The van der Waals surface area contributed by atoms with Crippen molar-refractivity contribution in [1.29, 1.82) is 0 Å². The average Bonchev–Trinajstić information content (AvgIpc) is 3.05. The third kappa shape index (κ3) is 2.35. The molecule has 2 rings (SSSR count). The lowest BCUT2D eigenvalue weighted by molar-refractivity contribution is 0.0788. The van der Waals surface area contributed by atoms with Gasteiger partial charge in [-0.2, -0.15) is 0 Å². The van der Waals surface area contributed by atoms with Crippen LogP contribution in [0.25, 0.3) is 0 Å². The number of carbonyl (C=O) groups excluding carboxylic acids is 1. The summed E-state index contributed by atoms with van der Waals surface area (Å²) in [6.45, 7) is 2.64. The summed E-state index contributed by atoms with van der Waals surface area (Å²) in [4.78, 5) is 13.7. The lowest BCUT2D eigenvalue weighted by Gasteiger charge is -2.17. The molecule has 0 atom stereocenters. The molecule has 0 heterocycles. The Morgan fingerprint density at radius 2 is 2.19 bits per heavy atom. The van der Waals surface area contributed by atoms with E-state index in [1.165, 1.54) is 12.8 Å². The second kappa shape index (κ2) is 4.16. The normalized spacial score (nSPS) is 14.9. The largest absolute Gasteiger partial charge is 0.508 e. The highest BCUT2D eigenvalue weighted by Gasteiger charge is 2.25. The van der Waals surface area contributed by atoms with Gasteiger partial charge >= 0.3 is 0 Å². The van der Waals surface area contributed by atoms with Crippen molar-refractivity contribution in [2.45, 2.75) is 19.8 Å². The molecule has 3 nitrogen and oxygen atoms in total. The van der Waals surface area contributed by atoms with Gasteiger partial charge in [-0.25, -0.2) is 0 Å². The predicted molar refractivity (Wildman–Crippen MR) is 62.5 cm³/mol. The van der Waals surface area contributed by atoms with Crippen LogP contribution in [0, 0.1) is 12.8 Å². The summed E-state index contributed by atoms with van der Waals surface area (Å²) in [6, 6.07) is 5.08. The van der Waals surface area contributed by atoms with Crippen LogP contribution >= 0.6 is 0 Å². The van der Waals surface area contributed by atoms with Crippen LogP contribution in [0.3, 0.4) is 0 Å². The number of aromatic hydroxyl groups is 1. The summed E-state index contributed by atoms with van der Waals surface area (Å²) < 4.78 is 0. The zero-order chi connectivity index (χ0) is 11.7. The summed E-state index contributed by atoms with van der Waals surface area (Å²) in [5, 5.41) is 9.55. The highest BCUT2D eigenvalue weighted by Crippen LogP contribution is 2.29. The molecule has 1 N–H and O–H groups in total. The lowest BCUT2D eigenvalue weighted by atomic mass is 10.1. The SMILES string of the molecule is Cc1ccc(C(=O)N(C)CC2CC2)cc1O. The third-order valence-electron chi connectivity index (χ3n) is 3.03. The van der Waals surface area contributed by atoms with Crippen LogP contribution < -0.4 is 0 Å². The molecule has 0 spiro atoms. The summed E-state index contributed by atoms with van der Waals surface area (Å²) in [5.41, 5.74) is 1.35. The van der Waals surface area contributed by atoms with E-state index in [0.29, 0.717) is 11.5 Å². The van der Waals surface area contributed by atoms with E-state index >= 15 is 0 Å². The van der Waals surface area contributed by atoms with Crippen LogP contribution in [0.4, 0.5) is 0 Å². The van der Waals surface area contributed by atoms with E-state index in [2.05, 4.69) is 0 Å². The second-order valence-corrected chi connectivity index (χ2v) is 4.63. The maximum atomic E-state index is 12.0. The quantitative estimate of drug-likeness (QED) is 0.846. The van der Waals surface area contributed by atoms with Crippen LogP contribution in [0.5, 0.6) is 5.75 Å². The number of rotatable bonds is 3. The van der Waals surface area contributed by atoms with Crippen LogP contribution in [0.15, 0.2) is 18.2 Å². The number of aryl methyl sites for hydroxylation is 1. The van der Waals surface area contributed by atoms with Gasteiger partial charge in [0.15, 0.2) is 0 Å². The minimum atomic E-state index is -0.0119. The molecule has 0 unspecified atom stereocenters. The summed E-state index contributed by atoms with van der Waals surface area (Å²) >= 11 is 0. The fourth-order valence-electron chi connectivity index (χ4n) is 1.73. The number of nitrogens with zero attached hydrogens (tertiary/aromatic N) is 1. The monoisotopic (exact) mass is 219 g/mol. The van der Waals surface area contributed by atoms with E-state index in [9.17, 15) is 9.90 Å². The van der Waals surface area contributed by atoms with Crippen LogP contribution in [-0.4, -0.2) is 29.5 Å². The predicted octanol–water partition coefficient (Wildman–Crippen LogP) is 2.18. The van der Waals surface area contributed by atoms with Crippen molar-refractivity contribution in [3.8, 4) is 5.75 Å². The van der Waals surface area contributed by atoms with Gasteiger partial charge in [0.05, 0.1) is 0 Å². The fourth-order valence-corrected chi connectivity index (χ4v) is 1.73. The van der Waals surface area contributed by atoms with Crippen molar-refractivity contribution in [1.82, 2.24) is 4.90 Å². The Bertz CT molecular complexity index is 410. The second-order valence-electron chi connectivity index (χ2n) is 4.63. The molecule has 1 aliphatic rings. The Hall–Kier alpha value is -1.51. The molecule has 0 aliphatic heterocycles. The summed E-state index contributed by atoms with van der Waals surface area (Å²) in [7, 11) is 1.82. The number of hydrogen-bond acceptors (Lipinski definition) is 2. The van der Waals surface area contributed by atoms with Crippen molar-refractivity contribution in [2.24, 2.45) is 5.92 Å². The highest BCUT2D eigenvalue weighted by atomic mass is 16.3. The first kappa shape index (κ1) is 11.0. The van der Waals surface area contributed by atoms with Gasteiger partial charge < -0.3 is 10.0 Å². The molecule has 0 saturated heterocycles. The minimum Gasteiger partial charge on any atom is -0.508 e. The zero-order valence-electron chi connectivity index (χ0n) is 9.73. The van der Waals surface area contributed by atoms with E-state index in [1.807, 2.05) is 14.0 Å². The molecule has 1 aliphatic carbocycles. The van der Waals surface area contributed by atoms with Gasteiger partial charge in [-0.3, -0.25) is 4.79 Å². The van der Waals surface area contributed by atoms with Gasteiger partial charge in [-0.15, -0.1) is 0 Å². The Morgan fingerprint density at radius 1 is 1.50 bits per heavy atom. The van der Waals surface area contributed by atoms with Crippen LogP contribution in [0.2, 0.25) is 0 Å². The molecular formula is C13H17NO2. The fraction of sp³-hybridized carbons (Fsp3) is 0.462. The molecule has 1 saturated carbocycles. The smallest absolute Gasteiger partial charge is 0.253 e. The van der Waals surface area contributed by atoms with Crippen LogP contribution in [-0.2, 0) is 0 Å². The Balaban J connectivity index is 2.09. The van der Waals surface area contributed by atoms with Crippen molar-refractivity contribution in [2.75, 3.05) is 13.6 Å². The van der Waals surface area contributed by atoms with E-state index in [1.54, 1.807) is 23.1 Å². The van der Waals surface area contributed by atoms with E-state index in [-0.39, 0.29) is 11.7 Å². The molecule has 0 aromatic heterocycles. The van der Waals surface area contributed by atoms with Gasteiger partial charge in [0.2, 0.25) is 0 Å². The van der Waals surface area contributed by atoms with Gasteiger partial charge in [-0.05, 0) is 43.4 Å². The molecule has 0 radical (unpaired) electrons. The molecular weight excluding hydrogens is 202 g/mol. The first-order valence-corrected chi connectivity index (χ1v) is 5.63. The Labute approximate surface area is 95.7 Å². The van der Waals surface area contributed by atoms with E-state index < -0.39 is 0 Å². The summed E-state index contributed by atoms with van der Waals surface area (Å²) in [6.07, 6.45) is 2.47. The van der Waals surface area contributed by atoms with E-state index in [0.717, 1.165) is 12.1 Å². The molecule has 1 aromatic rings. The highest BCUT2D eigenvalue weighted by molar-refractivity contribution is 5.94. The zero-order valence-corrected chi connectivity index (χ0v) is 9.73. The molecule has 1 aromatic carbocycles. The molecule has 86 valence electrons.